The number of hydrogen-bond acceptors (Lipinski definition) is 3. The van der Waals surface area contributed by atoms with E-state index in [-0.39, 0.29) is 17.6 Å². The fraction of sp³-hybridized carbons (Fsp3) is 0.200. The number of hydrogen-bond donors (Lipinski definition) is 2. The molecule has 1 aliphatic heterocycles. The Morgan fingerprint density at radius 3 is 2.25 bits per heavy atom. The SMILES string of the molecule is CC1=C(c2cccc(O)c2)[C@H](c2ccc(C(C)C)cc2)Oc2ccc(O)cc21. The Morgan fingerprint density at radius 2 is 1.57 bits per heavy atom. The van der Waals surface area contributed by atoms with E-state index in [9.17, 15) is 10.2 Å². The van der Waals surface area contributed by atoms with E-state index in [0.29, 0.717) is 5.92 Å². The second-order valence-electron chi connectivity index (χ2n) is 7.59. The molecular weight excluding hydrogens is 348 g/mol. The number of phenols is 2. The third-order valence-electron chi connectivity index (χ3n) is 5.34. The molecule has 1 atom stereocenters. The molecule has 3 aromatic rings. The number of rotatable bonds is 3. The molecule has 0 radical (unpaired) electrons. The van der Waals surface area contributed by atoms with Gasteiger partial charge in [0, 0.05) is 11.1 Å². The van der Waals surface area contributed by atoms with Gasteiger partial charge in [-0.1, -0.05) is 50.2 Å². The van der Waals surface area contributed by atoms with E-state index in [0.717, 1.165) is 33.6 Å². The van der Waals surface area contributed by atoms with E-state index >= 15 is 0 Å². The van der Waals surface area contributed by atoms with E-state index < -0.39 is 0 Å². The van der Waals surface area contributed by atoms with Crippen molar-refractivity contribution in [3.05, 3.63) is 89.0 Å². The maximum atomic E-state index is 10.0. The molecule has 0 aromatic heterocycles. The Bertz CT molecular complexity index is 1050. The van der Waals surface area contributed by atoms with Crippen molar-refractivity contribution < 1.29 is 14.9 Å². The van der Waals surface area contributed by atoms with E-state index in [1.165, 1.54) is 5.56 Å². The number of fused-ring (bicyclic) bond motifs is 1. The number of phenolic OH excluding ortho intramolecular Hbond substituents is 2. The molecule has 28 heavy (non-hydrogen) atoms. The van der Waals surface area contributed by atoms with Crippen LogP contribution in [-0.4, -0.2) is 10.2 Å². The van der Waals surface area contributed by atoms with Crippen molar-refractivity contribution in [3.63, 3.8) is 0 Å². The van der Waals surface area contributed by atoms with Crippen molar-refractivity contribution in [1.82, 2.24) is 0 Å². The smallest absolute Gasteiger partial charge is 0.150 e. The molecule has 0 spiro atoms. The van der Waals surface area contributed by atoms with Crippen LogP contribution in [0, 0.1) is 0 Å². The molecule has 2 N–H and O–H groups in total. The zero-order chi connectivity index (χ0) is 19.8. The maximum Gasteiger partial charge on any atom is 0.150 e. The molecule has 0 aliphatic carbocycles. The van der Waals surface area contributed by atoms with E-state index in [2.05, 4.69) is 38.1 Å². The summed E-state index contributed by atoms with van der Waals surface area (Å²) >= 11 is 0. The van der Waals surface area contributed by atoms with Crippen molar-refractivity contribution in [2.45, 2.75) is 32.8 Å². The quantitative estimate of drug-likeness (QED) is 0.568. The molecule has 0 saturated carbocycles. The summed E-state index contributed by atoms with van der Waals surface area (Å²) in [4.78, 5) is 0. The molecule has 0 fully saturated rings. The zero-order valence-electron chi connectivity index (χ0n) is 16.3. The van der Waals surface area contributed by atoms with Gasteiger partial charge in [0.15, 0.2) is 0 Å². The van der Waals surface area contributed by atoms with Gasteiger partial charge in [0.05, 0.1) is 0 Å². The van der Waals surface area contributed by atoms with E-state index in [1.54, 1.807) is 24.3 Å². The summed E-state index contributed by atoms with van der Waals surface area (Å²) in [5.74, 6) is 1.63. The van der Waals surface area contributed by atoms with Crippen LogP contribution in [0.4, 0.5) is 0 Å². The van der Waals surface area contributed by atoms with Crippen molar-refractivity contribution >= 4 is 11.1 Å². The molecule has 1 aliphatic rings. The lowest BCUT2D eigenvalue weighted by Gasteiger charge is -2.31. The number of ether oxygens (including phenoxy) is 1. The molecule has 1 heterocycles. The largest absolute Gasteiger partial charge is 0.508 e. The first-order valence-electron chi connectivity index (χ1n) is 9.54. The van der Waals surface area contributed by atoms with Crippen LogP contribution in [0.5, 0.6) is 17.2 Å². The Morgan fingerprint density at radius 1 is 0.857 bits per heavy atom. The van der Waals surface area contributed by atoms with Gasteiger partial charge < -0.3 is 14.9 Å². The highest BCUT2D eigenvalue weighted by Gasteiger charge is 2.29. The van der Waals surface area contributed by atoms with Gasteiger partial charge in [-0.3, -0.25) is 0 Å². The summed E-state index contributed by atoms with van der Waals surface area (Å²) in [5, 5.41) is 20.0. The predicted octanol–water partition coefficient (Wildman–Crippen LogP) is 6.29. The normalized spacial score (nSPS) is 16.1. The Labute approximate surface area is 165 Å². The summed E-state index contributed by atoms with van der Waals surface area (Å²) in [5.41, 5.74) is 6.13. The first kappa shape index (κ1) is 18.2. The molecule has 142 valence electrons. The number of allylic oxidation sites excluding steroid dienone is 1. The highest BCUT2D eigenvalue weighted by Crippen LogP contribution is 2.47. The van der Waals surface area contributed by atoms with Crippen LogP contribution in [0.15, 0.2) is 66.7 Å². The van der Waals surface area contributed by atoms with Crippen molar-refractivity contribution in [2.75, 3.05) is 0 Å². The van der Waals surface area contributed by atoms with Gasteiger partial charge in [0.1, 0.15) is 23.4 Å². The molecule has 0 bridgehead atoms. The standard InChI is InChI=1S/C25H24O3/c1-15(2)17-7-9-18(10-8-17)25-24(19-5-4-6-20(26)13-19)16(3)22-14-21(27)11-12-23(22)28-25/h4-15,25-27H,1-3H3/t25-/m0/s1. The van der Waals surface area contributed by atoms with Crippen LogP contribution in [0.25, 0.3) is 11.1 Å². The van der Waals surface area contributed by atoms with Crippen LogP contribution in [-0.2, 0) is 0 Å². The molecule has 3 aromatic carbocycles. The second-order valence-corrected chi connectivity index (χ2v) is 7.59. The molecule has 3 nitrogen and oxygen atoms in total. The first-order valence-corrected chi connectivity index (χ1v) is 9.54. The summed E-state index contributed by atoms with van der Waals surface area (Å²) in [7, 11) is 0. The third-order valence-corrected chi connectivity index (χ3v) is 5.34. The van der Waals surface area contributed by atoms with E-state index in [1.807, 2.05) is 25.1 Å². The van der Waals surface area contributed by atoms with Gasteiger partial charge in [-0.2, -0.15) is 0 Å². The Balaban J connectivity index is 1.89. The van der Waals surface area contributed by atoms with Crippen LogP contribution < -0.4 is 4.74 Å². The molecule has 0 amide bonds. The molecule has 4 rings (SSSR count). The fourth-order valence-electron chi connectivity index (χ4n) is 3.77. The van der Waals surface area contributed by atoms with Crippen molar-refractivity contribution in [2.24, 2.45) is 0 Å². The Kier molecular flexibility index (Phi) is 4.60. The molecule has 0 saturated heterocycles. The lowest BCUT2D eigenvalue weighted by Crippen LogP contribution is -2.16. The average molecular weight is 372 g/mol. The van der Waals surface area contributed by atoms with Crippen LogP contribution in [0.2, 0.25) is 0 Å². The minimum absolute atomic E-state index is 0.205. The highest BCUT2D eigenvalue weighted by atomic mass is 16.5. The summed E-state index contributed by atoms with van der Waals surface area (Å²) in [6.45, 7) is 6.39. The topological polar surface area (TPSA) is 49.7 Å². The third kappa shape index (κ3) is 3.24. The minimum Gasteiger partial charge on any atom is -0.508 e. The fourth-order valence-corrected chi connectivity index (χ4v) is 3.77. The summed E-state index contributed by atoms with van der Waals surface area (Å²) in [6.07, 6.45) is -0.292. The predicted molar refractivity (Wildman–Crippen MR) is 113 cm³/mol. The average Bonchev–Trinajstić information content (AvgIpc) is 2.68. The van der Waals surface area contributed by atoms with Crippen molar-refractivity contribution in [3.8, 4) is 17.2 Å². The Hall–Kier alpha value is -3.20. The number of aromatic hydroxyl groups is 2. The van der Waals surface area contributed by atoms with Crippen LogP contribution in [0.1, 0.15) is 55.0 Å². The molecular formula is C25H24O3. The van der Waals surface area contributed by atoms with Gasteiger partial charge in [0.25, 0.3) is 0 Å². The lowest BCUT2D eigenvalue weighted by molar-refractivity contribution is 0.259. The van der Waals surface area contributed by atoms with E-state index in [4.69, 9.17) is 4.74 Å². The van der Waals surface area contributed by atoms with Gasteiger partial charge in [-0.05, 0) is 65.4 Å². The minimum atomic E-state index is -0.292. The molecule has 3 heteroatoms. The summed E-state index contributed by atoms with van der Waals surface area (Å²) in [6, 6.07) is 20.9. The number of benzene rings is 3. The van der Waals surface area contributed by atoms with Crippen molar-refractivity contribution in [1.29, 1.82) is 0 Å². The van der Waals surface area contributed by atoms with Gasteiger partial charge in [0.2, 0.25) is 0 Å². The lowest BCUT2D eigenvalue weighted by atomic mass is 9.85. The first-order chi connectivity index (χ1) is 13.4. The second kappa shape index (κ2) is 7.08. The van der Waals surface area contributed by atoms with Gasteiger partial charge in [-0.25, -0.2) is 0 Å². The highest BCUT2D eigenvalue weighted by molar-refractivity contribution is 5.95. The monoisotopic (exact) mass is 372 g/mol. The summed E-state index contributed by atoms with van der Waals surface area (Å²) < 4.78 is 6.40. The van der Waals surface area contributed by atoms with Crippen LogP contribution >= 0.6 is 0 Å². The van der Waals surface area contributed by atoms with Gasteiger partial charge >= 0.3 is 0 Å². The maximum absolute atomic E-state index is 10.0. The zero-order valence-corrected chi connectivity index (χ0v) is 16.3. The van der Waals surface area contributed by atoms with Gasteiger partial charge in [-0.15, -0.1) is 0 Å². The van der Waals surface area contributed by atoms with Crippen LogP contribution in [0.3, 0.4) is 0 Å². The molecule has 0 unspecified atom stereocenters.